The van der Waals surface area contributed by atoms with Crippen LogP contribution in [0.15, 0.2) is 0 Å². The van der Waals surface area contributed by atoms with Gasteiger partial charge in [-0.15, -0.1) is 0 Å². The summed E-state index contributed by atoms with van der Waals surface area (Å²) in [5.41, 5.74) is 0. The molecule has 0 aromatic rings. The molecule has 0 fully saturated rings. The van der Waals surface area contributed by atoms with E-state index in [4.69, 9.17) is 10.2 Å². The average molecular weight is 149 g/mol. The molecular formula is C4H5O4S-. The van der Waals surface area contributed by atoms with Crippen molar-refractivity contribution in [1.29, 1.82) is 0 Å². The minimum atomic E-state index is -1.26. The Morgan fingerprint density at radius 2 is 1.89 bits per heavy atom. The van der Waals surface area contributed by atoms with Crippen LogP contribution in [0.4, 0.5) is 0 Å². The minimum Gasteiger partial charge on any atom is -0.778 e. The van der Waals surface area contributed by atoms with Crippen molar-refractivity contribution >= 4 is 24.6 Å². The fourth-order valence-corrected chi connectivity index (χ4v) is 0.388. The lowest BCUT2D eigenvalue weighted by Gasteiger charge is -2.12. The second-order valence-electron chi connectivity index (χ2n) is 1.42. The van der Waals surface area contributed by atoms with Gasteiger partial charge in [-0.3, -0.25) is 9.59 Å². The fraction of sp³-hybridized carbons (Fsp3) is 0.500. The molecule has 0 aromatic carbocycles. The molecule has 0 aromatic heterocycles. The molecule has 0 amide bonds. The van der Waals surface area contributed by atoms with Crippen LogP contribution in [0.1, 0.15) is 6.42 Å². The van der Waals surface area contributed by atoms with Gasteiger partial charge in [-0.2, -0.15) is 0 Å². The highest BCUT2D eigenvalue weighted by Gasteiger charge is 2.05. The van der Waals surface area contributed by atoms with E-state index in [2.05, 4.69) is 12.6 Å². The fourth-order valence-electron chi connectivity index (χ4n) is 0.246. The molecular weight excluding hydrogens is 144 g/mol. The van der Waals surface area contributed by atoms with Crippen molar-refractivity contribution in [2.45, 2.75) is 11.7 Å². The van der Waals surface area contributed by atoms with Crippen LogP contribution in [0.25, 0.3) is 0 Å². The van der Waals surface area contributed by atoms with Crippen LogP contribution in [-0.2, 0) is 22.2 Å². The zero-order valence-corrected chi connectivity index (χ0v) is 5.22. The highest BCUT2D eigenvalue weighted by atomic mass is 32.1. The average Bonchev–Trinajstić information content (AvgIpc) is 1.63. The van der Waals surface area contributed by atoms with Crippen molar-refractivity contribution in [3.05, 3.63) is 0 Å². The number of carboxylic acid groups (broad SMARTS) is 2. The van der Waals surface area contributed by atoms with Crippen LogP contribution in [0.5, 0.6) is 0 Å². The summed E-state index contributed by atoms with van der Waals surface area (Å²) in [6, 6.07) is 0. The number of hydrogen-bond donors (Lipinski definition) is 2. The van der Waals surface area contributed by atoms with Crippen molar-refractivity contribution < 1.29 is 19.8 Å². The van der Waals surface area contributed by atoms with E-state index in [0.717, 1.165) is 0 Å². The summed E-state index contributed by atoms with van der Waals surface area (Å²) in [6.45, 7) is 0. The van der Waals surface area contributed by atoms with Gasteiger partial charge in [0.05, 0.1) is 0 Å². The van der Waals surface area contributed by atoms with Gasteiger partial charge < -0.3 is 22.8 Å². The van der Waals surface area contributed by atoms with E-state index in [1.54, 1.807) is 0 Å². The Morgan fingerprint density at radius 3 is 2.00 bits per heavy atom. The van der Waals surface area contributed by atoms with E-state index in [1.165, 1.54) is 0 Å². The predicted molar refractivity (Wildman–Crippen MR) is 31.0 cm³/mol. The quantitative estimate of drug-likeness (QED) is 0.527. The van der Waals surface area contributed by atoms with Crippen molar-refractivity contribution in [3.63, 3.8) is 0 Å². The normalized spacial score (nSPS) is 12.6. The molecule has 0 aliphatic heterocycles. The zero-order chi connectivity index (χ0) is 7.44. The Morgan fingerprint density at radius 1 is 1.44 bits per heavy atom. The number of carboxylic acids is 2. The summed E-state index contributed by atoms with van der Waals surface area (Å²) in [7, 11) is 0. The third-order valence-corrected chi connectivity index (χ3v) is 1.00. The first-order chi connectivity index (χ1) is 4.04. The molecule has 52 valence electrons. The molecule has 5 heteroatoms. The predicted octanol–water partition coefficient (Wildman–Crippen LogP) is -0.539. The van der Waals surface area contributed by atoms with Gasteiger partial charge in [-0.05, 0) is 0 Å². The Bertz CT molecular complexity index is 133. The van der Waals surface area contributed by atoms with Gasteiger partial charge in [0.2, 0.25) is 0 Å². The lowest BCUT2D eigenvalue weighted by atomic mass is 10.3. The number of carbonyl (C=O) groups is 2. The van der Waals surface area contributed by atoms with Gasteiger partial charge in [-0.25, -0.2) is 0 Å². The molecule has 0 saturated heterocycles. The summed E-state index contributed by atoms with van der Waals surface area (Å²) >= 11 is 4.26. The molecule has 9 heavy (non-hydrogen) atoms. The van der Waals surface area contributed by atoms with Gasteiger partial charge in [0.15, 0.2) is 0 Å². The smallest absolute Gasteiger partial charge is 0.302 e. The van der Waals surface area contributed by atoms with Crippen molar-refractivity contribution in [2.24, 2.45) is 0 Å². The van der Waals surface area contributed by atoms with Crippen molar-refractivity contribution in [3.8, 4) is 0 Å². The van der Waals surface area contributed by atoms with Crippen LogP contribution in [0.2, 0.25) is 0 Å². The van der Waals surface area contributed by atoms with E-state index in [9.17, 15) is 9.59 Å². The molecule has 0 spiro atoms. The molecule has 0 heterocycles. The number of hydrogen-bond acceptors (Lipinski definition) is 3. The van der Waals surface area contributed by atoms with E-state index in [0.29, 0.717) is 0 Å². The molecule has 0 aliphatic carbocycles. The first kappa shape index (κ1) is 8.29. The summed E-state index contributed by atoms with van der Waals surface area (Å²) in [4.78, 5) is 19.7. The molecule has 0 aliphatic rings. The Kier molecular flexibility index (Phi) is 3.08. The molecule has 0 rings (SSSR count). The molecule has 0 unspecified atom stereocenters. The highest BCUT2D eigenvalue weighted by molar-refractivity contribution is 7.60. The van der Waals surface area contributed by atoms with Gasteiger partial charge >= 0.3 is 5.97 Å². The largest absolute Gasteiger partial charge is 0.778 e. The summed E-state index contributed by atoms with van der Waals surface area (Å²) in [5, 5.41) is 14.9. The Balaban J connectivity index is 3.63. The topological polar surface area (TPSA) is 74.6 Å². The molecule has 0 radical (unpaired) electrons. The summed E-state index contributed by atoms with van der Waals surface area (Å²) in [5.74, 6) is -2.44. The SMILES string of the molecule is O=C(O)C[C@H]([S-])C(=O)O. The van der Waals surface area contributed by atoms with Gasteiger partial charge in [0.25, 0.3) is 5.97 Å². The van der Waals surface area contributed by atoms with E-state index in [-0.39, 0.29) is 0 Å². The first-order valence-corrected chi connectivity index (χ1v) is 2.61. The lowest BCUT2D eigenvalue weighted by Crippen LogP contribution is -2.20. The number of aliphatic carboxylic acids is 2. The highest BCUT2D eigenvalue weighted by Crippen LogP contribution is 1.91. The second kappa shape index (κ2) is 3.34. The molecule has 0 bridgehead atoms. The Labute approximate surface area is 56.9 Å². The molecule has 2 N–H and O–H groups in total. The summed E-state index contributed by atoms with van der Waals surface area (Å²) in [6.07, 6.45) is -0.495. The monoisotopic (exact) mass is 149 g/mol. The minimum absolute atomic E-state index is 0.495. The third kappa shape index (κ3) is 3.84. The number of rotatable bonds is 3. The van der Waals surface area contributed by atoms with Crippen LogP contribution in [0, 0.1) is 0 Å². The van der Waals surface area contributed by atoms with E-state index < -0.39 is 23.6 Å². The third-order valence-electron chi connectivity index (χ3n) is 0.635. The lowest BCUT2D eigenvalue weighted by molar-refractivity contribution is -0.142. The zero-order valence-electron chi connectivity index (χ0n) is 4.40. The van der Waals surface area contributed by atoms with Crippen molar-refractivity contribution in [2.75, 3.05) is 0 Å². The standard InChI is InChI=1S/C4H6O4S/c5-3(6)1-2(9)4(7)8/h2,9H,1H2,(H,5,6)(H,7,8)/p-1/t2-/m0/s1. The van der Waals surface area contributed by atoms with E-state index in [1.807, 2.05) is 0 Å². The second-order valence-corrected chi connectivity index (χ2v) is 1.99. The summed E-state index contributed by atoms with van der Waals surface area (Å²) < 4.78 is 0. The maximum atomic E-state index is 9.87. The van der Waals surface area contributed by atoms with Gasteiger partial charge in [0.1, 0.15) is 0 Å². The molecule has 0 saturated carbocycles. The van der Waals surface area contributed by atoms with Crippen LogP contribution in [0.3, 0.4) is 0 Å². The molecule has 4 nitrogen and oxygen atoms in total. The maximum Gasteiger partial charge on any atom is 0.302 e. The maximum absolute atomic E-state index is 9.87. The van der Waals surface area contributed by atoms with Crippen LogP contribution < -0.4 is 0 Å². The van der Waals surface area contributed by atoms with Gasteiger partial charge in [0, 0.05) is 6.42 Å². The van der Waals surface area contributed by atoms with E-state index >= 15 is 0 Å². The van der Waals surface area contributed by atoms with Crippen molar-refractivity contribution in [1.82, 2.24) is 0 Å². The molecule has 1 atom stereocenters. The Hall–Kier alpha value is -0.710. The van der Waals surface area contributed by atoms with Gasteiger partial charge in [-0.1, -0.05) is 5.25 Å². The van der Waals surface area contributed by atoms with Crippen LogP contribution in [-0.4, -0.2) is 27.4 Å². The van der Waals surface area contributed by atoms with Crippen LogP contribution >= 0.6 is 0 Å². The first-order valence-electron chi connectivity index (χ1n) is 2.14.